The van der Waals surface area contributed by atoms with E-state index in [4.69, 9.17) is 4.42 Å². The molecular formula is C18H31N3O3. The van der Waals surface area contributed by atoms with Crippen LogP contribution >= 0.6 is 0 Å². The first-order chi connectivity index (χ1) is 11.0. The largest absolute Gasteiger partial charge is 0.446 e. The quantitative estimate of drug-likeness (QED) is 0.829. The fraction of sp³-hybridized carbons (Fsp3) is 0.722. The predicted octanol–water partition coefficient (Wildman–Crippen LogP) is 3.09. The molecule has 24 heavy (non-hydrogen) atoms. The van der Waals surface area contributed by atoms with Gasteiger partial charge < -0.3 is 14.6 Å². The van der Waals surface area contributed by atoms with Crippen molar-refractivity contribution in [1.29, 1.82) is 0 Å². The molecule has 1 rings (SSSR count). The van der Waals surface area contributed by atoms with Gasteiger partial charge in [-0.1, -0.05) is 48.5 Å². The van der Waals surface area contributed by atoms with Gasteiger partial charge in [-0.15, -0.1) is 0 Å². The third-order valence-corrected chi connectivity index (χ3v) is 3.30. The Bertz CT molecular complexity index is 556. The minimum atomic E-state index is -0.473. The first kappa shape index (κ1) is 20.2. The SMILES string of the molecule is CC(C)CNC(=O)c1coc(CN(CC(C)C)C(=O)C(C)(C)C)n1. The Labute approximate surface area is 145 Å². The zero-order chi connectivity index (χ0) is 18.5. The first-order valence-corrected chi connectivity index (χ1v) is 8.52. The summed E-state index contributed by atoms with van der Waals surface area (Å²) in [5.41, 5.74) is -0.225. The lowest BCUT2D eigenvalue weighted by Gasteiger charge is -2.29. The molecule has 136 valence electrons. The molecule has 0 fully saturated rings. The van der Waals surface area contributed by atoms with Crippen molar-refractivity contribution in [3.63, 3.8) is 0 Å². The van der Waals surface area contributed by atoms with Crippen molar-refractivity contribution < 1.29 is 14.0 Å². The van der Waals surface area contributed by atoms with Crippen LogP contribution in [0.1, 0.15) is 64.8 Å². The number of carbonyl (C=O) groups is 2. The van der Waals surface area contributed by atoms with E-state index in [0.717, 1.165) is 0 Å². The van der Waals surface area contributed by atoms with Crippen LogP contribution in [0, 0.1) is 17.3 Å². The molecule has 0 unspecified atom stereocenters. The summed E-state index contributed by atoms with van der Waals surface area (Å²) in [6.45, 7) is 15.3. The average molecular weight is 337 g/mol. The van der Waals surface area contributed by atoms with Crippen molar-refractivity contribution in [1.82, 2.24) is 15.2 Å². The van der Waals surface area contributed by atoms with E-state index in [9.17, 15) is 9.59 Å². The standard InChI is InChI=1S/C18H31N3O3/c1-12(2)8-19-16(22)14-11-24-15(20-14)10-21(9-13(3)4)17(23)18(5,6)7/h11-13H,8-10H2,1-7H3,(H,19,22). The summed E-state index contributed by atoms with van der Waals surface area (Å²) in [6.07, 6.45) is 1.35. The van der Waals surface area contributed by atoms with Gasteiger partial charge in [-0.2, -0.15) is 0 Å². The molecule has 1 N–H and O–H groups in total. The van der Waals surface area contributed by atoms with Gasteiger partial charge in [-0.3, -0.25) is 9.59 Å². The molecule has 0 spiro atoms. The highest BCUT2D eigenvalue weighted by molar-refractivity contribution is 5.91. The second kappa shape index (κ2) is 8.31. The number of hydrogen-bond donors (Lipinski definition) is 1. The Kier molecular flexibility index (Phi) is 6.99. The maximum atomic E-state index is 12.6. The van der Waals surface area contributed by atoms with Crippen molar-refractivity contribution in [3.05, 3.63) is 17.8 Å². The van der Waals surface area contributed by atoms with E-state index in [-0.39, 0.29) is 24.1 Å². The Morgan fingerprint density at radius 2 is 1.83 bits per heavy atom. The van der Waals surface area contributed by atoms with Crippen molar-refractivity contribution >= 4 is 11.8 Å². The lowest BCUT2D eigenvalue weighted by atomic mass is 9.94. The highest BCUT2D eigenvalue weighted by Gasteiger charge is 2.29. The van der Waals surface area contributed by atoms with Crippen molar-refractivity contribution in [3.8, 4) is 0 Å². The molecule has 0 aromatic carbocycles. The van der Waals surface area contributed by atoms with E-state index >= 15 is 0 Å². The summed E-state index contributed by atoms with van der Waals surface area (Å²) in [7, 11) is 0. The molecular weight excluding hydrogens is 306 g/mol. The number of carbonyl (C=O) groups excluding carboxylic acids is 2. The Hall–Kier alpha value is -1.85. The predicted molar refractivity (Wildman–Crippen MR) is 93.4 cm³/mol. The maximum absolute atomic E-state index is 12.6. The molecule has 1 aromatic heterocycles. The number of hydrogen-bond acceptors (Lipinski definition) is 4. The third-order valence-electron chi connectivity index (χ3n) is 3.30. The molecule has 0 saturated heterocycles. The van der Waals surface area contributed by atoms with Gasteiger partial charge in [0, 0.05) is 18.5 Å². The summed E-state index contributed by atoms with van der Waals surface area (Å²) in [4.78, 5) is 30.6. The number of aromatic nitrogens is 1. The maximum Gasteiger partial charge on any atom is 0.273 e. The van der Waals surface area contributed by atoms with E-state index in [2.05, 4.69) is 24.1 Å². The van der Waals surface area contributed by atoms with Gasteiger partial charge in [-0.05, 0) is 11.8 Å². The molecule has 1 heterocycles. The Balaban J connectivity index is 2.81. The van der Waals surface area contributed by atoms with Gasteiger partial charge in [0.1, 0.15) is 6.26 Å². The van der Waals surface area contributed by atoms with Gasteiger partial charge in [0.2, 0.25) is 11.8 Å². The van der Waals surface area contributed by atoms with Crippen LogP contribution in [0.25, 0.3) is 0 Å². The van der Waals surface area contributed by atoms with Crippen LogP contribution in [0.4, 0.5) is 0 Å². The van der Waals surface area contributed by atoms with Gasteiger partial charge in [0.05, 0.1) is 6.54 Å². The highest BCUT2D eigenvalue weighted by Crippen LogP contribution is 2.20. The minimum Gasteiger partial charge on any atom is -0.446 e. The summed E-state index contributed by atoms with van der Waals surface area (Å²) in [5.74, 6) is 0.866. The Morgan fingerprint density at radius 3 is 2.33 bits per heavy atom. The molecule has 0 atom stereocenters. The number of nitrogens with zero attached hydrogens (tertiary/aromatic N) is 2. The zero-order valence-electron chi connectivity index (χ0n) is 16.0. The highest BCUT2D eigenvalue weighted by atomic mass is 16.3. The van der Waals surface area contributed by atoms with Crippen LogP contribution < -0.4 is 5.32 Å². The lowest BCUT2D eigenvalue weighted by molar-refractivity contribution is -0.141. The van der Waals surface area contributed by atoms with Gasteiger partial charge >= 0.3 is 0 Å². The molecule has 6 nitrogen and oxygen atoms in total. The third kappa shape index (κ3) is 6.34. The van der Waals surface area contributed by atoms with E-state index in [1.807, 2.05) is 34.6 Å². The lowest BCUT2D eigenvalue weighted by Crippen LogP contribution is -2.41. The summed E-state index contributed by atoms with van der Waals surface area (Å²) < 4.78 is 5.40. The zero-order valence-corrected chi connectivity index (χ0v) is 16.0. The van der Waals surface area contributed by atoms with Crippen molar-refractivity contribution in [2.75, 3.05) is 13.1 Å². The fourth-order valence-corrected chi connectivity index (χ4v) is 2.17. The smallest absolute Gasteiger partial charge is 0.273 e. The molecule has 0 saturated carbocycles. The molecule has 0 aliphatic heterocycles. The van der Waals surface area contributed by atoms with Gasteiger partial charge in [0.15, 0.2) is 5.69 Å². The summed E-state index contributed by atoms with van der Waals surface area (Å²) in [5, 5.41) is 2.80. The second-order valence-electron chi connectivity index (χ2n) is 8.06. The summed E-state index contributed by atoms with van der Waals surface area (Å²) >= 11 is 0. The number of rotatable bonds is 7. The first-order valence-electron chi connectivity index (χ1n) is 8.52. The normalized spacial score (nSPS) is 11.9. The molecule has 6 heteroatoms. The number of nitrogens with one attached hydrogen (secondary N) is 1. The minimum absolute atomic E-state index is 0.0419. The Morgan fingerprint density at radius 1 is 1.21 bits per heavy atom. The van der Waals surface area contributed by atoms with E-state index in [0.29, 0.717) is 30.8 Å². The van der Waals surface area contributed by atoms with E-state index in [1.54, 1.807) is 4.90 Å². The van der Waals surface area contributed by atoms with Crippen LogP contribution in [0.5, 0.6) is 0 Å². The molecule has 0 aliphatic carbocycles. The van der Waals surface area contributed by atoms with Crippen molar-refractivity contribution in [2.45, 2.75) is 55.0 Å². The van der Waals surface area contributed by atoms with Crippen LogP contribution in [-0.4, -0.2) is 34.8 Å². The van der Waals surface area contributed by atoms with Crippen LogP contribution in [0.2, 0.25) is 0 Å². The molecule has 2 amide bonds. The van der Waals surface area contributed by atoms with E-state index in [1.165, 1.54) is 6.26 Å². The molecule has 0 bridgehead atoms. The second-order valence-corrected chi connectivity index (χ2v) is 8.06. The van der Waals surface area contributed by atoms with Crippen LogP contribution in [0.15, 0.2) is 10.7 Å². The molecule has 1 aromatic rings. The van der Waals surface area contributed by atoms with Crippen LogP contribution in [-0.2, 0) is 11.3 Å². The van der Waals surface area contributed by atoms with Gasteiger partial charge in [-0.25, -0.2) is 4.98 Å². The topological polar surface area (TPSA) is 75.4 Å². The van der Waals surface area contributed by atoms with Gasteiger partial charge in [0.25, 0.3) is 5.91 Å². The van der Waals surface area contributed by atoms with Crippen molar-refractivity contribution in [2.24, 2.45) is 17.3 Å². The monoisotopic (exact) mass is 337 g/mol. The number of amides is 2. The summed E-state index contributed by atoms with van der Waals surface area (Å²) in [6, 6.07) is 0. The molecule has 0 radical (unpaired) electrons. The average Bonchev–Trinajstić information content (AvgIpc) is 2.90. The fourth-order valence-electron chi connectivity index (χ4n) is 2.17. The molecule has 0 aliphatic rings. The number of oxazole rings is 1. The van der Waals surface area contributed by atoms with Crippen LogP contribution in [0.3, 0.4) is 0 Å². The van der Waals surface area contributed by atoms with E-state index < -0.39 is 5.41 Å².